The molecule has 9 heteroatoms. The van der Waals surface area contributed by atoms with Gasteiger partial charge in [0.2, 0.25) is 10.0 Å². The third-order valence-corrected chi connectivity index (χ3v) is 6.65. The Bertz CT molecular complexity index is 987. The fraction of sp³-hybridized carbons (Fsp3) is 0.381. The number of hydrogen-bond donors (Lipinski definition) is 1. The number of sulfonamides is 1. The molecule has 1 N–H and O–H groups in total. The highest BCUT2D eigenvalue weighted by Crippen LogP contribution is 2.21. The first-order valence-corrected chi connectivity index (χ1v) is 11.1. The van der Waals surface area contributed by atoms with Crippen LogP contribution in [0.25, 0.3) is 0 Å². The number of carbonyl (C=O) groups is 1. The fourth-order valence-corrected chi connectivity index (χ4v) is 4.50. The lowest BCUT2D eigenvalue weighted by Crippen LogP contribution is -2.40. The van der Waals surface area contributed by atoms with E-state index in [2.05, 4.69) is 5.32 Å². The fourth-order valence-electron chi connectivity index (χ4n) is 3.06. The molecule has 0 aliphatic carbocycles. The van der Waals surface area contributed by atoms with Gasteiger partial charge in [-0.3, -0.25) is 4.79 Å². The van der Waals surface area contributed by atoms with E-state index >= 15 is 0 Å². The first kappa shape index (κ1) is 22.1. The molecular formula is C21H26N2O6S. The molecule has 0 radical (unpaired) electrons. The molecule has 1 fully saturated rings. The number of hydrogen-bond acceptors (Lipinski definition) is 6. The number of nitrogens with one attached hydrogen (secondary N) is 1. The van der Waals surface area contributed by atoms with Crippen molar-refractivity contribution < 1.29 is 27.4 Å². The summed E-state index contributed by atoms with van der Waals surface area (Å²) in [6.07, 6.45) is 0. The number of ether oxygens (including phenoxy) is 3. The Balaban J connectivity index is 1.62. The molecule has 0 aromatic heterocycles. The van der Waals surface area contributed by atoms with Crippen molar-refractivity contribution in [3.8, 4) is 11.5 Å². The highest BCUT2D eigenvalue weighted by Gasteiger charge is 2.27. The van der Waals surface area contributed by atoms with Gasteiger partial charge < -0.3 is 19.5 Å². The molecule has 1 heterocycles. The molecule has 2 aromatic carbocycles. The van der Waals surface area contributed by atoms with Crippen LogP contribution in [0, 0.1) is 6.92 Å². The molecule has 1 saturated heterocycles. The largest absolute Gasteiger partial charge is 0.497 e. The SMILES string of the molecule is COc1cccc(OCCNC(=O)c2cc(S(=O)(=O)N3CCOCC3)ccc2C)c1. The maximum Gasteiger partial charge on any atom is 0.251 e. The van der Waals surface area contributed by atoms with E-state index in [4.69, 9.17) is 14.2 Å². The van der Waals surface area contributed by atoms with Crippen molar-refractivity contribution in [2.45, 2.75) is 11.8 Å². The van der Waals surface area contributed by atoms with Crippen LogP contribution in [0.15, 0.2) is 47.4 Å². The van der Waals surface area contributed by atoms with Crippen molar-refractivity contribution >= 4 is 15.9 Å². The summed E-state index contributed by atoms with van der Waals surface area (Å²) in [5, 5.41) is 2.77. The van der Waals surface area contributed by atoms with Crippen LogP contribution in [-0.4, -0.2) is 65.2 Å². The number of methoxy groups -OCH3 is 1. The van der Waals surface area contributed by atoms with E-state index in [0.29, 0.717) is 48.9 Å². The van der Waals surface area contributed by atoms with Crippen LogP contribution in [0.3, 0.4) is 0 Å². The van der Waals surface area contributed by atoms with Crippen LogP contribution < -0.4 is 14.8 Å². The van der Waals surface area contributed by atoms with Crippen LogP contribution in [0.1, 0.15) is 15.9 Å². The van der Waals surface area contributed by atoms with E-state index in [-0.39, 0.29) is 24.0 Å². The summed E-state index contributed by atoms with van der Waals surface area (Å²) in [6.45, 7) is 3.66. The summed E-state index contributed by atoms with van der Waals surface area (Å²) in [5.74, 6) is 0.976. The number of nitrogens with zero attached hydrogens (tertiary/aromatic N) is 1. The molecule has 8 nitrogen and oxygen atoms in total. The zero-order valence-corrected chi connectivity index (χ0v) is 17.9. The molecule has 30 heavy (non-hydrogen) atoms. The standard InChI is InChI=1S/C21H26N2O6S/c1-16-6-7-19(30(25,26)23-9-12-28-13-10-23)15-20(16)21(24)22-8-11-29-18-5-3-4-17(14-18)27-2/h3-7,14-15H,8-13H2,1-2H3,(H,22,24). The lowest BCUT2D eigenvalue weighted by atomic mass is 10.1. The zero-order valence-electron chi connectivity index (χ0n) is 17.1. The first-order chi connectivity index (χ1) is 14.4. The second-order valence-corrected chi connectivity index (χ2v) is 8.71. The summed E-state index contributed by atoms with van der Waals surface area (Å²) in [6, 6.07) is 11.8. The first-order valence-electron chi connectivity index (χ1n) is 9.65. The second-order valence-electron chi connectivity index (χ2n) is 6.78. The third kappa shape index (κ3) is 5.29. The molecule has 0 atom stereocenters. The second kappa shape index (κ2) is 9.92. The molecule has 162 valence electrons. The summed E-state index contributed by atoms with van der Waals surface area (Å²) in [5.41, 5.74) is 1.02. The normalized spacial score (nSPS) is 14.9. The molecule has 2 aromatic rings. The number of amides is 1. The maximum absolute atomic E-state index is 12.9. The Morgan fingerprint density at radius 1 is 1.13 bits per heavy atom. The van der Waals surface area contributed by atoms with Gasteiger partial charge in [-0.2, -0.15) is 4.31 Å². The van der Waals surface area contributed by atoms with Crippen LogP contribution in [0.2, 0.25) is 0 Å². The van der Waals surface area contributed by atoms with Crippen LogP contribution in [0.5, 0.6) is 11.5 Å². The Morgan fingerprint density at radius 3 is 2.60 bits per heavy atom. The number of aryl methyl sites for hydroxylation is 1. The minimum atomic E-state index is -3.67. The summed E-state index contributed by atoms with van der Waals surface area (Å²) in [7, 11) is -2.09. The minimum Gasteiger partial charge on any atom is -0.497 e. The molecule has 0 bridgehead atoms. The van der Waals surface area contributed by atoms with Gasteiger partial charge in [0.25, 0.3) is 5.91 Å². The lowest BCUT2D eigenvalue weighted by molar-refractivity contribution is 0.0730. The maximum atomic E-state index is 12.9. The Kier molecular flexibility index (Phi) is 7.30. The van der Waals surface area contributed by atoms with Crippen LogP contribution in [0.4, 0.5) is 0 Å². The van der Waals surface area contributed by atoms with Crippen LogP contribution in [-0.2, 0) is 14.8 Å². The van der Waals surface area contributed by atoms with Gasteiger partial charge in [0, 0.05) is 24.7 Å². The van der Waals surface area contributed by atoms with Gasteiger partial charge in [0.15, 0.2) is 0 Å². The Morgan fingerprint density at radius 2 is 1.87 bits per heavy atom. The van der Waals surface area contributed by atoms with Gasteiger partial charge in [-0.05, 0) is 36.8 Å². The molecule has 3 rings (SSSR count). The van der Waals surface area contributed by atoms with Crippen molar-refractivity contribution in [2.24, 2.45) is 0 Å². The highest BCUT2D eigenvalue weighted by atomic mass is 32.2. The van der Waals surface area contributed by atoms with E-state index in [1.165, 1.54) is 16.4 Å². The predicted octanol–water partition coefficient (Wildman–Crippen LogP) is 1.83. The van der Waals surface area contributed by atoms with Crippen molar-refractivity contribution in [1.29, 1.82) is 0 Å². The quantitative estimate of drug-likeness (QED) is 0.637. The Hall–Kier alpha value is -2.62. The zero-order chi connectivity index (χ0) is 21.6. The van der Waals surface area contributed by atoms with Gasteiger partial charge >= 0.3 is 0 Å². The van der Waals surface area contributed by atoms with Gasteiger partial charge in [-0.25, -0.2) is 8.42 Å². The molecule has 0 saturated carbocycles. The lowest BCUT2D eigenvalue weighted by Gasteiger charge is -2.26. The van der Waals surface area contributed by atoms with Crippen molar-refractivity contribution in [1.82, 2.24) is 9.62 Å². The third-order valence-electron chi connectivity index (χ3n) is 4.76. The Labute approximate surface area is 176 Å². The van der Waals surface area contributed by atoms with Crippen molar-refractivity contribution in [3.05, 3.63) is 53.6 Å². The molecule has 1 aliphatic rings. The summed E-state index contributed by atoms with van der Waals surface area (Å²) >= 11 is 0. The predicted molar refractivity (Wildman–Crippen MR) is 112 cm³/mol. The van der Waals surface area contributed by atoms with Crippen LogP contribution >= 0.6 is 0 Å². The molecule has 1 aliphatic heterocycles. The number of rotatable bonds is 8. The summed E-state index contributed by atoms with van der Waals surface area (Å²) < 4.78 is 43.1. The van der Waals surface area contributed by atoms with Gasteiger partial charge in [0.1, 0.15) is 18.1 Å². The minimum absolute atomic E-state index is 0.104. The number of benzene rings is 2. The molecule has 1 amide bonds. The van der Waals surface area contributed by atoms with Gasteiger partial charge in [-0.1, -0.05) is 12.1 Å². The average molecular weight is 435 g/mol. The van der Waals surface area contributed by atoms with E-state index in [0.717, 1.165) is 0 Å². The van der Waals surface area contributed by atoms with E-state index < -0.39 is 10.0 Å². The van der Waals surface area contributed by atoms with E-state index in [1.54, 1.807) is 32.2 Å². The highest BCUT2D eigenvalue weighted by molar-refractivity contribution is 7.89. The monoisotopic (exact) mass is 434 g/mol. The van der Waals surface area contributed by atoms with Gasteiger partial charge in [-0.15, -0.1) is 0 Å². The van der Waals surface area contributed by atoms with E-state index in [9.17, 15) is 13.2 Å². The molecular weight excluding hydrogens is 408 g/mol. The van der Waals surface area contributed by atoms with Crippen molar-refractivity contribution in [2.75, 3.05) is 46.6 Å². The van der Waals surface area contributed by atoms with Crippen molar-refractivity contribution in [3.63, 3.8) is 0 Å². The number of carbonyl (C=O) groups excluding carboxylic acids is 1. The molecule has 0 spiro atoms. The molecule has 0 unspecified atom stereocenters. The average Bonchev–Trinajstić information content (AvgIpc) is 2.77. The summed E-state index contributed by atoms with van der Waals surface area (Å²) in [4.78, 5) is 12.7. The number of morpholine rings is 1. The smallest absolute Gasteiger partial charge is 0.251 e. The van der Waals surface area contributed by atoms with Gasteiger partial charge in [0.05, 0.1) is 31.8 Å². The topological polar surface area (TPSA) is 94.2 Å². The van der Waals surface area contributed by atoms with E-state index in [1.807, 2.05) is 12.1 Å².